The molecule has 0 aliphatic carbocycles. The van der Waals surface area contributed by atoms with Crippen LogP contribution in [0.2, 0.25) is 0 Å². The van der Waals surface area contributed by atoms with E-state index >= 15 is 0 Å². The molecule has 0 bridgehead atoms. The summed E-state index contributed by atoms with van der Waals surface area (Å²) in [5.74, 6) is -4.73. The third-order valence-corrected chi connectivity index (χ3v) is 6.39. The van der Waals surface area contributed by atoms with Gasteiger partial charge in [-0.2, -0.15) is 13.8 Å². The fraction of sp³-hybridized carbons (Fsp3) is 0.308. The van der Waals surface area contributed by atoms with E-state index in [2.05, 4.69) is 20.7 Å². The lowest BCUT2D eigenvalue weighted by Gasteiger charge is -2.27. The Kier molecular flexibility index (Phi) is 7.26. The third kappa shape index (κ3) is 5.45. The Morgan fingerprint density at radius 3 is 2.59 bits per heavy atom. The van der Waals surface area contributed by atoms with Crippen molar-refractivity contribution in [3.63, 3.8) is 0 Å². The molecule has 2 aliphatic heterocycles. The van der Waals surface area contributed by atoms with Gasteiger partial charge in [-0.05, 0) is 30.3 Å². The molecule has 2 amide bonds. The van der Waals surface area contributed by atoms with Crippen molar-refractivity contribution in [3.8, 4) is 5.75 Å². The van der Waals surface area contributed by atoms with Gasteiger partial charge >= 0.3 is 5.92 Å². The predicted molar refractivity (Wildman–Crippen MR) is 140 cm³/mol. The maximum Gasteiger partial charge on any atom is 0.342 e. The first-order chi connectivity index (χ1) is 18.8. The fourth-order valence-corrected chi connectivity index (χ4v) is 4.32. The fourth-order valence-electron chi connectivity index (χ4n) is 4.32. The minimum atomic E-state index is -3.65. The number of para-hydroxylation sites is 1. The SMILES string of the molecule is COc1cc(C(=O)NN2CCOCC2)ccc1Nc1ncc2c(n1)N(c1ccccc1)CC(F)(F)C(=O)N2C. The smallest absolute Gasteiger partial charge is 0.342 e. The number of nitrogens with zero attached hydrogens (tertiary/aromatic N) is 5. The summed E-state index contributed by atoms with van der Waals surface area (Å²) in [4.78, 5) is 36.2. The number of amides is 2. The van der Waals surface area contributed by atoms with Crippen molar-refractivity contribution < 1.29 is 27.8 Å². The number of ether oxygens (including phenoxy) is 2. The number of carbonyl (C=O) groups is 2. The van der Waals surface area contributed by atoms with Gasteiger partial charge in [0, 0.05) is 31.4 Å². The molecule has 2 aromatic carbocycles. The quantitative estimate of drug-likeness (QED) is 0.488. The number of carbonyl (C=O) groups excluding carboxylic acids is 2. The van der Waals surface area contributed by atoms with Crippen LogP contribution in [-0.4, -0.2) is 79.7 Å². The Morgan fingerprint density at radius 1 is 1.13 bits per heavy atom. The van der Waals surface area contributed by atoms with Crippen molar-refractivity contribution in [1.29, 1.82) is 0 Å². The number of benzene rings is 2. The maximum atomic E-state index is 14.9. The highest BCUT2D eigenvalue weighted by Crippen LogP contribution is 2.40. The molecule has 11 nitrogen and oxygen atoms in total. The van der Waals surface area contributed by atoms with Crippen LogP contribution in [0.1, 0.15) is 10.4 Å². The number of methoxy groups -OCH3 is 1. The van der Waals surface area contributed by atoms with Crippen LogP contribution in [-0.2, 0) is 9.53 Å². The van der Waals surface area contributed by atoms with Crippen molar-refractivity contribution >= 4 is 40.6 Å². The van der Waals surface area contributed by atoms with Gasteiger partial charge in [-0.25, -0.2) is 9.99 Å². The van der Waals surface area contributed by atoms with E-state index in [4.69, 9.17) is 9.47 Å². The van der Waals surface area contributed by atoms with Crippen LogP contribution >= 0.6 is 0 Å². The molecule has 1 saturated heterocycles. The van der Waals surface area contributed by atoms with Gasteiger partial charge in [0.1, 0.15) is 11.4 Å². The predicted octanol–water partition coefficient (Wildman–Crippen LogP) is 2.96. The number of aromatic nitrogens is 2. The minimum Gasteiger partial charge on any atom is -0.495 e. The van der Waals surface area contributed by atoms with Crippen LogP contribution in [0.3, 0.4) is 0 Å². The van der Waals surface area contributed by atoms with Gasteiger partial charge in [0.05, 0.1) is 38.8 Å². The molecule has 3 heterocycles. The number of halogens is 2. The molecule has 0 atom stereocenters. The normalized spacial score (nSPS) is 17.3. The molecule has 5 rings (SSSR count). The second kappa shape index (κ2) is 10.8. The number of hydrogen-bond donors (Lipinski definition) is 2. The van der Waals surface area contributed by atoms with Crippen LogP contribution in [0.4, 0.5) is 37.6 Å². The van der Waals surface area contributed by atoms with E-state index in [9.17, 15) is 18.4 Å². The molecule has 1 aromatic heterocycles. The highest BCUT2D eigenvalue weighted by atomic mass is 19.3. The second-order valence-electron chi connectivity index (χ2n) is 8.97. The molecule has 13 heteroatoms. The Hall–Kier alpha value is -4.36. The maximum absolute atomic E-state index is 14.9. The molecule has 204 valence electrons. The van der Waals surface area contributed by atoms with Gasteiger partial charge < -0.3 is 24.6 Å². The zero-order chi connectivity index (χ0) is 27.6. The first kappa shape index (κ1) is 26.3. The Bertz CT molecular complexity index is 1370. The standard InChI is InChI=1S/C26H27F2N7O4/c1-33-20-15-29-25(31-22(20)35(16-26(27,28)24(33)37)18-6-4-3-5-7-18)30-19-9-8-17(14-21(19)38-2)23(36)32-34-10-12-39-13-11-34/h3-9,14-15H,10-13,16H2,1-2H3,(H,32,36)(H,29,30,31). The molecular formula is C26H27F2N7O4. The van der Waals surface area contributed by atoms with E-state index < -0.39 is 18.4 Å². The average Bonchev–Trinajstić information content (AvgIpc) is 3.03. The van der Waals surface area contributed by atoms with Crippen LogP contribution in [0.25, 0.3) is 0 Å². The van der Waals surface area contributed by atoms with E-state index in [1.807, 2.05) is 0 Å². The zero-order valence-electron chi connectivity index (χ0n) is 21.4. The summed E-state index contributed by atoms with van der Waals surface area (Å²) in [5, 5.41) is 4.83. The van der Waals surface area contributed by atoms with Gasteiger partial charge in [0.25, 0.3) is 11.8 Å². The lowest BCUT2D eigenvalue weighted by atomic mass is 10.1. The molecule has 1 fully saturated rings. The number of morpholine rings is 1. The number of hydrazine groups is 1. The van der Waals surface area contributed by atoms with E-state index in [-0.39, 0.29) is 23.4 Å². The van der Waals surface area contributed by atoms with Gasteiger partial charge in [0.15, 0.2) is 5.82 Å². The zero-order valence-corrected chi connectivity index (χ0v) is 21.4. The van der Waals surface area contributed by atoms with E-state index in [0.717, 1.165) is 4.90 Å². The van der Waals surface area contributed by atoms with Crippen molar-refractivity contribution in [3.05, 3.63) is 60.3 Å². The summed E-state index contributed by atoms with van der Waals surface area (Å²) in [6.07, 6.45) is 1.32. The van der Waals surface area contributed by atoms with Crippen LogP contribution < -0.4 is 25.3 Å². The Morgan fingerprint density at radius 2 is 1.87 bits per heavy atom. The number of hydrogen-bond acceptors (Lipinski definition) is 9. The third-order valence-electron chi connectivity index (χ3n) is 6.39. The second-order valence-corrected chi connectivity index (χ2v) is 8.97. The molecule has 3 aromatic rings. The Balaban J connectivity index is 1.44. The number of fused-ring (bicyclic) bond motifs is 1. The lowest BCUT2D eigenvalue weighted by Crippen LogP contribution is -2.48. The van der Waals surface area contributed by atoms with E-state index in [1.54, 1.807) is 53.5 Å². The minimum absolute atomic E-state index is 0.0876. The first-order valence-electron chi connectivity index (χ1n) is 12.2. The van der Waals surface area contributed by atoms with Gasteiger partial charge in [-0.1, -0.05) is 18.2 Å². The van der Waals surface area contributed by atoms with Crippen LogP contribution in [0, 0.1) is 0 Å². The Labute approximate surface area is 223 Å². The summed E-state index contributed by atoms with van der Waals surface area (Å²) in [7, 11) is 2.73. The van der Waals surface area contributed by atoms with E-state index in [1.165, 1.54) is 25.3 Å². The number of anilines is 5. The topological polar surface area (TPSA) is 112 Å². The monoisotopic (exact) mass is 539 g/mol. The summed E-state index contributed by atoms with van der Waals surface area (Å²) in [6.45, 7) is 1.36. The molecule has 0 unspecified atom stereocenters. The number of rotatable bonds is 6. The molecule has 39 heavy (non-hydrogen) atoms. The average molecular weight is 540 g/mol. The largest absolute Gasteiger partial charge is 0.495 e. The highest BCUT2D eigenvalue weighted by Gasteiger charge is 2.47. The summed E-state index contributed by atoms with van der Waals surface area (Å²) < 4.78 is 40.5. The molecule has 2 aliphatic rings. The number of alkyl halides is 2. The summed E-state index contributed by atoms with van der Waals surface area (Å²) in [5.41, 5.74) is 4.25. The van der Waals surface area contributed by atoms with Gasteiger partial charge in [-0.15, -0.1) is 0 Å². The van der Waals surface area contributed by atoms with E-state index in [0.29, 0.717) is 49.0 Å². The molecule has 0 radical (unpaired) electrons. The van der Waals surface area contributed by atoms with Gasteiger partial charge in [-0.3, -0.25) is 15.0 Å². The van der Waals surface area contributed by atoms with Crippen molar-refractivity contribution in [1.82, 2.24) is 20.4 Å². The van der Waals surface area contributed by atoms with Crippen LogP contribution in [0.15, 0.2) is 54.7 Å². The molecular weight excluding hydrogens is 512 g/mol. The van der Waals surface area contributed by atoms with Crippen molar-refractivity contribution in [2.24, 2.45) is 0 Å². The lowest BCUT2D eigenvalue weighted by molar-refractivity contribution is -0.140. The van der Waals surface area contributed by atoms with Gasteiger partial charge in [0.2, 0.25) is 5.95 Å². The van der Waals surface area contributed by atoms with Crippen molar-refractivity contribution in [2.75, 3.05) is 62.1 Å². The molecule has 0 saturated carbocycles. The summed E-state index contributed by atoms with van der Waals surface area (Å²) >= 11 is 0. The number of nitrogens with one attached hydrogen (secondary N) is 2. The molecule has 0 spiro atoms. The van der Waals surface area contributed by atoms with Crippen molar-refractivity contribution in [2.45, 2.75) is 5.92 Å². The summed E-state index contributed by atoms with van der Waals surface area (Å²) in [6, 6.07) is 13.3. The highest BCUT2D eigenvalue weighted by molar-refractivity contribution is 6.02. The molecule has 2 N–H and O–H groups in total. The van der Waals surface area contributed by atoms with Crippen LogP contribution in [0.5, 0.6) is 5.75 Å². The first-order valence-corrected chi connectivity index (χ1v) is 12.2.